The maximum absolute atomic E-state index is 13.8. The highest BCUT2D eigenvalue weighted by molar-refractivity contribution is 5.98. The van der Waals surface area contributed by atoms with Gasteiger partial charge in [-0.25, -0.2) is 0 Å². The first-order valence-corrected chi connectivity index (χ1v) is 16.1. The van der Waals surface area contributed by atoms with Crippen LogP contribution in [0.4, 0.5) is 0 Å². The SMILES string of the molecule is CCCCCCCCCCCC1Oc2cc(OC)c(OC)cc2C(=O)N1CCCN(C)CCc1ccc(OC)c(OC)c1. The quantitative estimate of drug-likeness (QED) is 0.139. The average molecular weight is 599 g/mol. The highest BCUT2D eigenvalue weighted by Crippen LogP contribution is 2.39. The zero-order chi connectivity index (χ0) is 31.0. The number of nitrogens with zero attached hydrogens (tertiary/aromatic N) is 2. The van der Waals surface area contributed by atoms with Crippen molar-refractivity contribution in [3.63, 3.8) is 0 Å². The Morgan fingerprint density at radius 2 is 1.35 bits per heavy atom. The molecule has 0 aromatic heterocycles. The molecule has 1 heterocycles. The minimum absolute atomic E-state index is 0.00360. The number of hydrogen-bond donors (Lipinski definition) is 0. The lowest BCUT2D eigenvalue weighted by Crippen LogP contribution is -2.48. The number of methoxy groups -OCH3 is 4. The summed E-state index contributed by atoms with van der Waals surface area (Å²) in [5.41, 5.74) is 1.73. The van der Waals surface area contributed by atoms with E-state index in [1.54, 1.807) is 40.6 Å². The summed E-state index contributed by atoms with van der Waals surface area (Å²) in [5, 5.41) is 0. The molecule has 3 rings (SSSR count). The molecular weight excluding hydrogens is 544 g/mol. The average Bonchev–Trinajstić information content (AvgIpc) is 3.03. The minimum atomic E-state index is -0.278. The molecule has 1 aliphatic rings. The van der Waals surface area contributed by atoms with Crippen LogP contribution in [0.15, 0.2) is 30.3 Å². The van der Waals surface area contributed by atoms with Gasteiger partial charge in [0.1, 0.15) is 5.75 Å². The zero-order valence-electron chi connectivity index (χ0n) is 27.4. The van der Waals surface area contributed by atoms with Crippen LogP contribution < -0.4 is 23.7 Å². The summed E-state index contributed by atoms with van der Waals surface area (Å²) in [6.45, 7) is 4.67. The lowest BCUT2D eigenvalue weighted by molar-refractivity contribution is 0.00345. The number of carbonyl (C=O) groups excluding carboxylic acids is 1. The number of fused-ring (bicyclic) bond motifs is 1. The number of rotatable bonds is 21. The molecular formula is C35H54N2O6. The lowest BCUT2D eigenvalue weighted by Gasteiger charge is -2.37. The lowest BCUT2D eigenvalue weighted by atomic mass is 10.0. The Kier molecular flexibility index (Phi) is 14.8. The third-order valence-electron chi connectivity index (χ3n) is 8.31. The molecule has 0 saturated heterocycles. The van der Waals surface area contributed by atoms with E-state index in [2.05, 4.69) is 24.9 Å². The summed E-state index contributed by atoms with van der Waals surface area (Å²) in [5.74, 6) is 3.16. The predicted molar refractivity (Wildman–Crippen MR) is 172 cm³/mol. The van der Waals surface area contributed by atoms with E-state index in [0.717, 1.165) is 56.7 Å². The predicted octanol–water partition coefficient (Wildman–Crippen LogP) is 7.37. The standard InChI is InChI=1S/C35H54N2O6/c1-7-8-9-10-11-12-13-14-15-17-34-37(35(38)28-25-32(41-5)33(42-6)26-30(28)43-34)22-16-21-36(2)23-20-27-18-19-29(39-3)31(24-27)40-4/h18-19,24-26,34H,7-17,20-23H2,1-6H3. The van der Waals surface area contributed by atoms with Crippen molar-refractivity contribution in [2.24, 2.45) is 0 Å². The third-order valence-corrected chi connectivity index (χ3v) is 8.31. The van der Waals surface area contributed by atoms with E-state index in [1.807, 2.05) is 17.0 Å². The van der Waals surface area contributed by atoms with E-state index in [-0.39, 0.29) is 12.1 Å². The van der Waals surface area contributed by atoms with Gasteiger partial charge in [0.15, 0.2) is 29.2 Å². The zero-order valence-corrected chi connectivity index (χ0v) is 27.4. The van der Waals surface area contributed by atoms with Crippen molar-refractivity contribution in [2.45, 2.75) is 90.2 Å². The smallest absolute Gasteiger partial charge is 0.260 e. The molecule has 0 radical (unpaired) electrons. The van der Waals surface area contributed by atoms with Gasteiger partial charge in [-0.15, -0.1) is 0 Å². The van der Waals surface area contributed by atoms with Gasteiger partial charge < -0.3 is 33.5 Å². The van der Waals surface area contributed by atoms with E-state index in [1.165, 1.54) is 50.5 Å². The summed E-state index contributed by atoms with van der Waals surface area (Å²) in [6, 6.07) is 9.60. The van der Waals surface area contributed by atoms with E-state index in [4.69, 9.17) is 23.7 Å². The highest BCUT2D eigenvalue weighted by Gasteiger charge is 2.34. The van der Waals surface area contributed by atoms with Crippen LogP contribution in [0.25, 0.3) is 0 Å². The number of hydrogen-bond acceptors (Lipinski definition) is 7. The normalized spacial score (nSPS) is 14.4. The van der Waals surface area contributed by atoms with Crippen LogP contribution in [0.5, 0.6) is 28.7 Å². The monoisotopic (exact) mass is 598 g/mol. The number of benzene rings is 2. The van der Waals surface area contributed by atoms with E-state index < -0.39 is 0 Å². The fourth-order valence-electron chi connectivity index (χ4n) is 5.69. The first-order chi connectivity index (χ1) is 20.9. The van der Waals surface area contributed by atoms with Gasteiger partial charge >= 0.3 is 0 Å². The second-order valence-electron chi connectivity index (χ2n) is 11.5. The highest BCUT2D eigenvalue weighted by atomic mass is 16.5. The van der Waals surface area contributed by atoms with Crippen molar-refractivity contribution < 1.29 is 28.5 Å². The van der Waals surface area contributed by atoms with E-state index in [9.17, 15) is 4.79 Å². The fraction of sp³-hybridized carbons (Fsp3) is 0.629. The molecule has 1 aliphatic heterocycles. The summed E-state index contributed by atoms with van der Waals surface area (Å²) >= 11 is 0. The first-order valence-electron chi connectivity index (χ1n) is 16.1. The molecule has 0 spiro atoms. The molecule has 1 atom stereocenters. The van der Waals surface area contributed by atoms with Gasteiger partial charge in [-0.05, 0) is 50.6 Å². The number of unbranched alkanes of at least 4 members (excludes halogenated alkanes) is 8. The largest absolute Gasteiger partial charge is 0.493 e. The Morgan fingerprint density at radius 1 is 0.744 bits per heavy atom. The Hall–Kier alpha value is -3.13. The number of likely N-dealkylation sites (N-methyl/N-ethyl adjacent to an activating group) is 1. The van der Waals surface area contributed by atoms with Gasteiger partial charge in [-0.2, -0.15) is 0 Å². The van der Waals surface area contributed by atoms with Gasteiger partial charge in [0, 0.05) is 31.6 Å². The van der Waals surface area contributed by atoms with Crippen LogP contribution in [-0.2, 0) is 6.42 Å². The maximum atomic E-state index is 13.8. The molecule has 8 heteroatoms. The van der Waals surface area contributed by atoms with Crippen molar-refractivity contribution in [3.05, 3.63) is 41.5 Å². The van der Waals surface area contributed by atoms with Crippen LogP contribution >= 0.6 is 0 Å². The van der Waals surface area contributed by atoms with Crippen molar-refractivity contribution >= 4 is 5.91 Å². The molecule has 1 unspecified atom stereocenters. The van der Waals surface area contributed by atoms with Crippen molar-refractivity contribution in [1.82, 2.24) is 9.80 Å². The van der Waals surface area contributed by atoms with Crippen molar-refractivity contribution in [1.29, 1.82) is 0 Å². The van der Waals surface area contributed by atoms with E-state index >= 15 is 0 Å². The summed E-state index contributed by atoms with van der Waals surface area (Å²) in [7, 11) is 8.62. The Balaban J connectivity index is 1.56. The molecule has 240 valence electrons. The molecule has 2 aromatic rings. The van der Waals surface area contributed by atoms with Crippen LogP contribution in [0.3, 0.4) is 0 Å². The minimum Gasteiger partial charge on any atom is -0.493 e. The van der Waals surface area contributed by atoms with Gasteiger partial charge in [0.25, 0.3) is 5.91 Å². The molecule has 8 nitrogen and oxygen atoms in total. The maximum Gasteiger partial charge on any atom is 0.260 e. The van der Waals surface area contributed by atoms with Crippen molar-refractivity contribution in [2.75, 3.05) is 55.1 Å². The van der Waals surface area contributed by atoms with Gasteiger partial charge in [-0.1, -0.05) is 64.4 Å². The van der Waals surface area contributed by atoms with Crippen LogP contribution in [-0.4, -0.2) is 77.1 Å². The molecule has 0 saturated carbocycles. The second kappa shape index (κ2) is 18.5. The topological polar surface area (TPSA) is 69.7 Å². The molecule has 0 bridgehead atoms. The number of ether oxygens (including phenoxy) is 5. The Morgan fingerprint density at radius 3 is 2.00 bits per heavy atom. The summed E-state index contributed by atoms with van der Waals surface area (Å²) < 4.78 is 28.2. The molecule has 1 amide bonds. The molecule has 0 fully saturated rings. The summed E-state index contributed by atoms with van der Waals surface area (Å²) in [6.07, 6.45) is 13.7. The molecule has 0 aliphatic carbocycles. The van der Waals surface area contributed by atoms with Crippen LogP contribution in [0.1, 0.15) is 93.5 Å². The third kappa shape index (κ3) is 10.2. The Labute approximate surface area is 259 Å². The fourth-order valence-corrected chi connectivity index (χ4v) is 5.69. The molecule has 2 aromatic carbocycles. The summed E-state index contributed by atoms with van der Waals surface area (Å²) in [4.78, 5) is 18.0. The van der Waals surface area contributed by atoms with Crippen LogP contribution in [0, 0.1) is 0 Å². The van der Waals surface area contributed by atoms with Gasteiger partial charge in [0.2, 0.25) is 0 Å². The van der Waals surface area contributed by atoms with E-state index in [0.29, 0.717) is 29.4 Å². The second-order valence-corrected chi connectivity index (χ2v) is 11.5. The number of carbonyl (C=O) groups is 1. The van der Waals surface area contributed by atoms with Gasteiger partial charge in [0.05, 0.1) is 34.0 Å². The van der Waals surface area contributed by atoms with Gasteiger partial charge in [-0.3, -0.25) is 4.79 Å². The van der Waals surface area contributed by atoms with Crippen LogP contribution in [0.2, 0.25) is 0 Å². The number of amides is 1. The molecule has 0 N–H and O–H groups in total. The molecule has 43 heavy (non-hydrogen) atoms. The Bertz CT molecular complexity index is 1120. The van der Waals surface area contributed by atoms with Crippen molar-refractivity contribution in [3.8, 4) is 28.7 Å². The first kappa shape index (κ1) is 34.4.